The fourth-order valence-corrected chi connectivity index (χ4v) is 3.07. The van der Waals surface area contributed by atoms with E-state index in [0.717, 1.165) is 56.1 Å². The molecular weight excluding hydrogens is 362 g/mol. The van der Waals surface area contributed by atoms with Crippen LogP contribution in [-0.2, 0) is 17.8 Å². The highest BCUT2D eigenvalue weighted by Gasteiger charge is 2.15. The van der Waals surface area contributed by atoms with Crippen LogP contribution < -0.4 is 5.32 Å². The quantitative estimate of drug-likeness (QED) is 0.808. The fourth-order valence-electron chi connectivity index (χ4n) is 2.83. The minimum atomic E-state index is -1.10. The Kier molecular flexibility index (Phi) is 6.19. The maximum absolute atomic E-state index is 13.3. The lowest BCUT2D eigenvalue weighted by atomic mass is 10.1. The molecular formula is C19H19ClF2N2O2. The first-order chi connectivity index (χ1) is 12.5. The number of amides is 1. The molecule has 2 aromatic rings. The van der Waals surface area contributed by atoms with Gasteiger partial charge in [-0.05, 0) is 23.3 Å². The third-order valence-corrected chi connectivity index (χ3v) is 4.52. The number of hydrogen-bond donors (Lipinski definition) is 1. The lowest BCUT2D eigenvalue weighted by Crippen LogP contribution is -2.35. The van der Waals surface area contributed by atoms with Crippen molar-refractivity contribution < 1.29 is 18.3 Å². The maximum atomic E-state index is 13.3. The second kappa shape index (κ2) is 8.58. The van der Waals surface area contributed by atoms with Gasteiger partial charge in [0, 0.05) is 26.2 Å². The van der Waals surface area contributed by atoms with Gasteiger partial charge >= 0.3 is 0 Å². The van der Waals surface area contributed by atoms with Crippen molar-refractivity contribution in [1.82, 2.24) is 10.2 Å². The van der Waals surface area contributed by atoms with Crippen LogP contribution in [0.3, 0.4) is 0 Å². The van der Waals surface area contributed by atoms with E-state index >= 15 is 0 Å². The fraction of sp³-hybridized carbons (Fsp3) is 0.316. The first-order valence-electron chi connectivity index (χ1n) is 8.33. The highest BCUT2D eigenvalue weighted by Crippen LogP contribution is 2.20. The number of carbonyl (C=O) groups is 1. The third-order valence-electron chi connectivity index (χ3n) is 4.21. The van der Waals surface area contributed by atoms with Gasteiger partial charge in [0.2, 0.25) is 0 Å². The van der Waals surface area contributed by atoms with Crippen molar-refractivity contribution in [2.45, 2.75) is 13.1 Å². The Labute approximate surface area is 155 Å². The first-order valence-corrected chi connectivity index (χ1v) is 8.71. The van der Waals surface area contributed by atoms with Gasteiger partial charge in [0.15, 0.2) is 11.6 Å². The molecule has 0 aliphatic carbocycles. The van der Waals surface area contributed by atoms with Gasteiger partial charge in [-0.15, -0.1) is 0 Å². The molecule has 0 aromatic heterocycles. The molecule has 26 heavy (non-hydrogen) atoms. The summed E-state index contributed by atoms with van der Waals surface area (Å²) >= 11 is 5.83. The van der Waals surface area contributed by atoms with E-state index in [1.165, 1.54) is 0 Å². The molecule has 1 heterocycles. The van der Waals surface area contributed by atoms with Crippen LogP contribution in [0.2, 0.25) is 5.02 Å². The van der Waals surface area contributed by atoms with E-state index in [-0.39, 0.29) is 17.1 Å². The van der Waals surface area contributed by atoms with E-state index in [9.17, 15) is 13.6 Å². The predicted octanol–water partition coefficient (Wildman–Crippen LogP) is 3.38. The van der Waals surface area contributed by atoms with Crippen molar-refractivity contribution >= 4 is 17.5 Å². The molecule has 1 amide bonds. The lowest BCUT2D eigenvalue weighted by Gasteiger charge is -2.26. The number of morpholine rings is 1. The Morgan fingerprint density at radius 2 is 1.81 bits per heavy atom. The van der Waals surface area contributed by atoms with Crippen molar-refractivity contribution in [2.75, 3.05) is 26.3 Å². The van der Waals surface area contributed by atoms with Crippen LogP contribution in [0.5, 0.6) is 0 Å². The average molecular weight is 381 g/mol. The maximum Gasteiger partial charge on any atom is 0.253 e. The van der Waals surface area contributed by atoms with Crippen LogP contribution in [-0.4, -0.2) is 37.1 Å². The van der Waals surface area contributed by atoms with Gasteiger partial charge in [-0.1, -0.05) is 35.9 Å². The topological polar surface area (TPSA) is 41.6 Å². The SMILES string of the molecule is O=C(NCc1cccc(CN2CCOCC2)c1)c1cc(F)c(F)cc1Cl. The van der Waals surface area contributed by atoms with Gasteiger partial charge < -0.3 is 10.1 Å². The summed E-state index contributed by atoms with van der Waals surface area (Å²) in [6, 6.07) is 9.49. The molecule has 0 atom stereocenters. The minimum Gasteiger partial charge on any atom is -0.379 e. The molecule has 1 aliphatic rings. The van der Waals surface area contributed by atoms with E-state index in [2.05, 4.69) is 10.2 Å². The van der Waals surface area contributed by atoms with Crippen LogP contribution in [0, 0.1) is 11.6 Å². The number of nitrogens with zero attached hydrogens (tertiary/aromatic N) is 1. The molecule has 3 rings (SSSR count). The summed E-state index contributed by atoms with van der Waals surface area (Å²) in [5.74, 6) is -2.73. The number of carbonyl (C=O) groups excluding carboxylic acids is 1. The van der Waals surface area contributed by atoms with Gasteiger partial charge in [0.1, 0.15) is 0 Å². The monoisotopic (exact) mass is 380 g/mol. The molecule has 1 aliphatic heterocycles. The van der Waals surface area contributed by atoms with Crippen LogP contribution >= 0.6 is 11.6 Å². The molecule has 7 heteroatoms. The van der Waals surface area contributed by atoms with Gasteiger partial charge in [-0.2, -0.15) is 0 Å². The van der Waals surface area contributed by atoms with Crippen molar-refractivity contribution in [3.05, 3.63) is 69.7 Å². The summed E-state index contributed by atoms with van der Waals surface area (Å²) < 4.78 is 31.8. The van der Waals surface area contributed by atoms with E-state index in [1.807, 2.05) is 24.3 Å². The highest BCUT2D eigenvalue weighted by atomic mass is 35.5. The van der Waals surface area contributed by atoms with Gasteiger partial charge in [-0.25, -0.2) is 8.78 Å². The molecule has 0 saturated carbocycles. The highest BCUT2D eigenvalue weighted by molar-refractivity contribution is 6.33. The summed E-state index contributed by atoms with van der Waals surface area (Å²) in [6.07, 6.45) is 0. The van der Waals surface area contributed by atoms with Crippen molar-refractivity contribution in [3.63, 3.8) is 0 Å². The second-order valence-corrected chi connectivity index (χ2v) is 6.54. The number of halogens is 3. The summed E-state index contributed by atoms with van der Waals surface area (Å²) in [5, 5.41) is 2.56. The van der Waals surface area contributed by atoms with Crippen LogP contribution in [0.15, 0.2) is 36.4 Å². The first kappa shape index (κ1) is 18.8. The number of rotatable bonds is 5. The van der Waals surface area contributed by atoms with Crippen LogP contribution in [0.1, 0.15) is 21.5 Å². The smallest absolute Gasteiger partial charge is 0.253 e. The molecule has 0 spiro atoms. The summed E-state index contributed by atoms with van der Waals surface area (Å²) in [7, 11) is 0. The second-order valence-electron chi connectivity index (χ2n) is 6.14. The molecule has 1 saturated heterocycles. The molecule has 1 fully saturated rings. The Morgan fingerprint density at radius 3 is 2.58 bits per heavy atom. The zero-order chi connectivity index (χ0) is 18.5. The summed E-state index contributed by atoms with van der Waals surface area (Å²) in [5.41, 5.74) is 1.97. The van der Waals surface area contributed by atoms with Crippen LogP contribution in [0.4, 0.5) is 8.78 Å². The van der Waals surface area contributed by atoms with Crippen molar-refractivity contribution in [2.24, 2.45) is 0 Å². The predicted molar refractivity (Wildman–Crippen MR) is 95.1 cm³/mol. The van der Waals surface area contributed by atoms with Crippen molar-refractivity contribution in [3.8, 4) is 0 Å². The molecule has 1 N–H and O–H groups in total. The number of hydrogen-bond acceptors (Lipinski definition) is 3. The van der Waals surface area contributed by atoms with Crippen LogP contribution in [0.25, 0.3) is 0 Å². The Hall–Kier alpha value is -2.02. The van der Waals surface area contributed by atoms with E-state index in [1.54, 1.807) is 0 Å². The average Bonchev–Trinajstić information content (AvgIpc) is 2.64. The molecule has 0 radical (unpaired) electrons. The van der Waals surface area contributed by atoms with E-state index in [0.29, 0.717) is 0 Å². The summed E-state index contributed by atoms with van der Waals surface area (Å²) in [6.45, 7) is 4.37. The zero-order valence-corrected chi connectivity index (χ0v) is 14.9. The third kappa shape index (κ3) is 4.78. The number of nitrogens with one attached hydrogen (secondary N) is 1. The number of ether oxygens (including phenoxy) is 1. The van der Waals surface area contributed by atoms with E-state index < -0.39 is 17.5 Å². The molecule has 0 unspecified atom stereocenters. The Morgan fingerprint density at radius 1 is 1.12 bits per heavy atom. The summed E-state index contributed by atoms with van der Waals surface area (Å²) in [4.78, 5) is 14.5. The molecule has 4 nitrogen and oxygen atoms in total. The normalized spacial score (nSPS) is 15.0. The standard InChI is InChI=1S/C19H19ClF2N2O2/c20-16-10-18(22)17(21)9-15(16)19(25)23-11-13-2-1-3-14(8-13)12-24-4-6-26-7-5-24/h1-3,8-10H,4-7,11-12H2,(H,23,25). The van der Waals surface area contributed by atoms with Gasteiger partial charge in [-0.3, -0.25) is 9.69 Å². The molecule has 0 bridgehead atoms. The Balaban J connectivity index is 1.61. The largest absolute Gasteiger partial charge is 0.379 e. The number of benzene rings is 2. The Bertz CT molecular complexity index is 795. The zero-order valence-electron chi connectivity index (χ0n) is 14.1. The van der Waals surface area contributed by atoms with Crippen molar-refractivity contribution in [1.29, 1.82) is 0 Å². The molecule has 2 aromatic carbocycles. The van der Waals surface area contributed by atoms with Gasteiger partial charge in [0.05, 0.1) is 23.8 Å². The lowest BCUT2D eigenvalue weighted by molar-refractivity contribution is 0.0342. The molecule has 138 valence electrons. The van der Waals surface area contributed by atoms with E-state index in [4.69, 9.17) is 16.3 Å². The minimum absolute atomic E-state index is 0.0879. The van der Waals surface area contributed by atoms with Gasteiger partial charge in [0.25, 0.3) is 5.91 Å².